The highest BCUT2D eigenvalue weighted by atomic mass is 32.1. The van der Waals surface area contributed by atoms with Gasteiger partial charge in [0.2, 0.25) is 5.91 Å². The number of nitrogens with one attached hydrogen (secondary N) is 3. The van der Waals surface area contributed by atoms with Crippen molar-refractivity contribution in [1.82, 2.24) is 15.6 Å². The van der Waals surface area contributed by atoms with Crippen LogP contribution in [0.1, 0.15) is 16.7 Å². The molecule has 29 heavy (non-hydrogen) atoms. The number of amides is 1. The summed E-state index contributed by atoms with van der Waals surface area (Å²) in [4.78, 5) is 27.5. The number of rotatable bonds is 9. The molecule has 0 unspecified atom stereocenters. The zero-order valence-corrected chi connectivity index (χ0v) is 17.1. The Morgan fingerprint density at radius 2 is 1.83 bits per heavy atom. The first-order valence-corrected chi connectivity index (χ1v) is 10.1. The first-order chi connectivity index (χ1) is 14.0. The minimum absolute atomic E-state index is 0.197. The smallest absolute Gasteiger partial charge is 0.326 e. The second-order valence-corrected chi connectivity index (χ2v) is 7.43. The fraction of sp³-hybridized carbons (Fsp3) is 0.273. The highest BCUT2D eigenvalue weighted by molar-refractivity contribution is 7.80. The van der Waals surface area contributed by atoms with Gasteiger partial charge in [-0.05, 0) is 24.1 Å². The van der Waals surface area contributed by atoms with Crippen LogP contribution in [0.3, 0.4) is 0 Å². The number of fused-ring (bicyclic) bond motifs is 1. The molecule has 0 spiro atoms. The maximum atomic E-state index is 12.7. The molecule has 0 fully saturated rings. The number of H-pyrrole nitrogens is 1. The van der Waals surface area contributed by atoms with E-state index in [1.54, 1.807) is 6.20 Å². The Morgan fingerprint density at radius 1 is 1.10 bits per heavy atom. The molecular weight excluding hydrogens is 386 g/mol. The number of carbonyl (C=O) groups is 2. The molecule has 0 saturated carbocycles. The van der Waals surface area contributed by atoms with E-state index in [2.05, 4.69) is 28.2 Å². The minimum atomic E-state index is -1.07. The molecule has 0 aliphatic heterocycles. The summed E-state index contributed by atoms with van der Waals surface area (Å²) in [7, 11) is 0. The Bertz CT molecular complexity index is 984. The number of aromatic nitrogens is 1. The van der Waals surface area contributed by atoms with Crippen LogP contribution in [0.15, 0.2) is 54.7 Å². The summed E-state index contributed by atoms with van der Waals surface area (Å²) < 4.78 is 0. The van der Waals surface area contributed by atoms with Gasteiger partial charge in [-0.15, -0.1) is 0 Å². The molecule has 4 N–H and O–H groups in total. The molecule has 0 saturated heterocycles. The monoisotopic (exact) mass is 411 g/mol. The van der Waals surface area contributed by atoms with E-state index in [4.69, 9.17) is 0 Å². The SMILES string of the molecule is Cc1ccc(CN[C@@H](CS)C(=O)N[C@H](Cc2c[nH]c3ccccc23)C(=O)O)cc1. The number of hydrogen-bond acceptors (Lipinski definition) is 4. The second-order valence-electron chi connectivity index (χ2n) is 7.06. The van der Waals surface area contributed by atoms with Crippen LogP contribution < -0.4 is 10.6 Å². The lowest BCUT2D eigenvalue weighted by Crippen LogP contribution is -2.51. The average Bonchev–Trinajstić information content (AvgIpc) is 3.12. The molecule has 2 atom stereocenters. The van der Waals surface area contributed by atoms with Gasteiger partial charge in [0.1, 0.15) is 6.04 Å². The lowest BCUT2D eigenvalue weighted by Gasteiger charge is -2.20. The van der Waals surface area contributed by atoms with Crippen LogP contribution in [0.5, 0.6) is 0 Å². The van der Waals surface area contributed by atoms with E-state index >= 15 is 0 Å². The third kappa shape index (κ3) is 5.40. The fourth-order valence-electron chi connectivity index (χ4n) is 3.18. The van der Waals surface area contributed by atoms with E-state index in [-0.39, 0.29) is 18.1 Å². The molecule has 7 heteroatoms. The molecule has 3 rings (SSSR count). The number of carboxylic acid groups (broad SMARTS) is 1. The maximum absolute atomic E-state index is 12.7. The number of carboxylic acids is 1. The Balaban J connectivity index is 1.64. The van der Waals surface area contributed by atoms with Crippen molar-refractivity contribution in [1.29, 1.82) is 0 Å². The molecule has 0 aliphatic rings. The van der Waals surface area contributed by atoms with Crippen molar-refractivity contribution >= 4 is 35.4 Å². The van der Waals surface area contributed by atoms with Crippen molar-refractivity contribution in [2.45, 2.75) is 32.0 Å². The molecule has 0 radical (unpaired) electrons. The number of benzene rings is 2. The quantitative estimate of drug-likeness (QED) is 0.350. The highest BCUT2D eigenvalue weighted by Gasteiger charge is 2.25. The number of hydrogen-bond donors (Lipinski definition) is 5. The van der Waals surface area contributed by atoms with Gasteiger partial charge in [0.05, 0.1) is 6.04 Å². The third-order valence-electron chi connectivity index (χ3n) is 4.89. The van der Waals surface area contributed by atoms with Gasteiger partial charge in [0.15, 0.2) is 0 Å². The normalized spacial score (nSPS) is 13.2. The van der Waals surface area contributed by atoms with E-state index in [1.165, 1.54) is 5.56 Å². The maximum Gasteiger partial charge on any atom is 0.326 e. The largest absolute Gasteiger partial charge is 0.480 e. The minimum Gasteiger partial charge on any atom is -0.480 e. The molecule has 1 aromatic heterocycles. The number of para-hydroxylation sites is 1. The van der Waals surface area contributed by atoms with Gasteiger partial charge in [-0.3, -0.25) is 4.79 Å². The summed E-state index contributed by atoms with van der Waals surface area (Å²) in [6.07, 6.45) is 1.99. The summed E-state index contributed by atoms with van der Waals surface area (Å²) >= 11 is 4.25. The Kier molecular flexibility index (Phi) is 6.95. The molecular formula is C22H25N3O3S. The number of thiol groups is 1. The second kappa shape index (κ2) is 9.62. The Labute approximate surface area is 175 Å². The lowest BCUT2D eigenvalue weighted by molar-refractivity contribution is -0.142. The molecule has 1 amide bonds. The summed E-state index contributed by atoms with van der Waals surface area (Å²) in [5.41, 5.74) is 4.00. The van der Waals surface area contributed by atoms with Crippen LogP contribution in [-0.4, -0.2) is 39.8 Å². The number of aromatic amines is 1. The van der Waals surface area contributed by atoms with Crippen LogP contribution in [0.2, 0.25) is 0 Å². The van der Waals surface area contributed by atoms with E-state index in [1.807, 2.05) is 55.5 Å². The third-order valence-corrected chi connectivity index (χ3v) is 5.25. The van der Waals surface area contributed by atoms with Crippen LogP contribution in [0.4, 0.5) is 0 Å². The summed E-state index contributed by atoms with van der Waals surface area (Å²) in [6.45, 7) is 2.51. The number of aliphatic carboxylic acids is 1. The first kappa shape index (κ1) is 21.0. The van der Waals surface area contributed by atoms with E-state index in [9.17, 15) is 14.7 Å². The Hall–Kier alpha value is -2.77. The highest BCUT2D eigenvalue weighted by Crippen LogP contribution is 2.19. The predicted octanol–water partition coefficient (Wildman–Crippen LogP) is 2.68. The van der Waals surface area contributed by atoms with Crippen molar-refractivity contribution in [2.75, 3.05) is 5.75 Å². The molecule has 0 bridgehead atoms. The molecule has 3 aromatic rings. The summed E-state index contributed by atoms with van der Waals surface area (Å²) in [5, 5.41) is 16.4. The van der Waals surface area contributed by atoms with Crippen LogP contribution in [0.25, 0.3) is 10.9 Å². The van der Waals surface area contributed by atoms with E-state index < -0.39 is 18.1 Å². The van der Waals surface area contributed by atoms with Gasteiger partial charge < -0.3 is 20.7 Å². The van der Waals surface area contributed by atoms with Crippen molar-refractivity contribution in [3.63, 3.8) is 0 Å². The van der Waals surface area contributed by atoms with Gasteiger partial charge in [-0.25, -0.2) is 4.79 Å². The average molecular weight is 412 g/mol. The zero-order valence-electron chi connectivity index (χ0n) is 16.2. The van der Waals surface area contributed by atoms with Crippen LogP contribution >= 0.6 is 12.6 Å². The zero-order chi connectivity index (χ0) is 20.8. The molecule has 1 heterocycles. The Morgan fingerprint density at radius 3 is 2.52 bits per heavy atom. The number of carbonyl (C=O) groups excluding carboxylic acids is 1. The summed E-state index contributed by atoms with van der Waals surface area (Å²) in [5.74, 6) is -1.18. The molecule has 0 aliphatic carbocycles. The van der Waals surface area contributed by atoms with Crippen molar-refractivity contribution < 1.29 is 14.7 Å². The van der Waals surface area contributed by atoms with Crippen molar-refractivity contribution in [3.05, 3.63) is 71.4 Å². The van der Waals surface area contributed by atoms with Crippen molar-refractivity contribution in [3.8, 4) is 0 Å². The van der Waals surface area contributed by atoms with E-state index in [0.717, 1.165) is 22.0 Å². The predicted molar refractivity (Wildman–Crippen MR) is 117 cm³/mol. The standard InChI is InChI=1S/C22H25N3O3S/c1-14-6-8-15(9-7-14)11-23-20(13-29)21(26)25-19(22(27)28)10-16-12-24-18-5-3-2-4-17(16)18/h2-9,12,19-20,23-24,29H,10-11,13H2,1H3,(H,25,26)(H,27,28)/t19-,20+/m1/s1. The van der Waals surface area contributed by atoms with Gasteiger partial charge in [-0.1, -0.05) is 48.0 Å². The van der Waals surface area contributed by atoms with Gasteiger partial charge in [-0.2, -0.15) is 12.6 Å². The van der Waals surface area contributed by atoms with Crippen LogP contribution in [0, 0.1) is 6.92 Å². The van der Waals surface area contributed by atoms with Gasteiger partial charge in [0.25, 0.3) is 0 Å². The lowest BCUT2D eigenvalue weighted by atomic mass is 10.0. The van der Waals surface area contributed by atoms with Gasteiger partial charge >= 0.3 is 5.97 Å². The first-order valence-electron chi connectivity index (χ1n) is 9.46. The topological polar surface area (TPSA) is 94.2 Å². The van der Waals surface area contributed by atoms with Crippen molar-refractivity contribution in [2.24, 2.45) is 0 Å². The van der Waals surface area contributed by atoms with E-state index in [0.29, 0.717) is 6.54 Å². The number of aryl methyl sites for hydroxylation is 1. The molecule has 6 nitrogen and oxygen atoms in total. The summed E-state index contributed by atoms with van der Waals surface area (Å²) in [6, 6.07) is 14.1. The van der Waals surface area contributed by atoms with Gasteiger partial charge in [0, 0.05) is 35.8 Å². The fourth-order valence-corrected chi connectivity index (χ4v) is 3.47. The molecule has 2 aromatic carbocycles. The molecule has 152 valence electrons. The van der Waals surface area contributed by atoms with Crippen LogP contribution in [-0.2, 0) is 22.6 Å².